The van der Waals surface area contributed by atoms with Crippen LogP contribution in [-0.2, 0) is 9.47 Å². The smallest absolute Gasteiger partial charge is 0.191 e. The molecule has 0 aromatic heterocycles. The van der Waals surface area contributed by atoms with Crippen molar-refractivity contribution in [3.8, 4) is 0 Å². The van der Waals surface area contributed by atoms with Crippen LogP contribution in [0.4, 0.5) is 0 Å². The van der Waals surface area contributed by atoms with Gasteiger partial charge in [0.2, 0.25) is 0 Å². The lowest BCUT2D eigenvalue weighted by atomic mass is 9.98. The number of hydrogen-bond donors (Lipinski definition) is 2. The zero-order valence-corrected chi connectivity index (χ0v) is 17.1. The molecular formula is C20H40N4O2. The molecule has 0 aromatic rings. The summed E-state index contributed by atoms with van der Waals surface area (Å²) in [6.45, 7) is 11.0. The van der Waals surface area contributed by atoms with Gasteiger partial charge in [0.25, 0.3) is 0 Å². The van der Waals surface area contributed by atoms with Crippen molar-refractivity contribution in [2.45, 2.75) is 64.5 Å². The van der Waals surface area contributed by atoms with E-state index in [1.165, 1.54) is 32.1 Å². The number of hydrogen-bond acceptors (Lipinski definition) is 4. The van der Waals surface area contributed by atoms with Crippen LogP contribution in [0.2, 0.25) is 0 Å². The second kappa shape index (κ2) is 12.5. The Morgan fingerprint density at radius 3 is 2.54 bits per heavy atom. The summed E-state index contributed by atoms with van der Waals surface area (Å²) in [7, 11) is 1.84. The van der Waals surface area contributed by atoms with Crippen molar-refractivity contribution in [3.05, 3.63) is 0 Å². The lowest BCUT2D eigenvalue weighted by Gasteiger charge is -2.37. The van der Waals surface area contributed by atoms with Crippen LogP contribution in [0.5, 0.6) is 0 Å². The molecular weight excluding hydrogens is 328 g/mol. The first-order chi connectivity index (χ1) is 12.7. The van der Waals surface area contributed by atoms with Gasteiger partial charge in [0, 0.05) is 45.9 Å². The third-order valence-electron chi connectivity index (χ3n) is 5.51. The third-order valence-corrected chi connectivity index (χ3v) is 5.51. The van der Waals surface area contributed by atoms with Crippen LogP contribution >= 0.6 is 0 Å². The molecule has 6 heteroatoms. The van der Waals surface area contributed by atoms with E-state index in [2.05, 4.69) is 34.4 Å². The Balaban J connectivity index is 1.61. The highest BCUT2D eigenvalue weighted by Crippen LogP contribution is 2.20. The van der Waals surface area contributed by atoms with Crippen molar-refractivity contribution < 1.29 is 9.47 Å². The molecule has 2 fully saturated rings. The fraction of sp³-hybridized carbons (Fsp3) is 0.950. The van der Waals surface area contributed by atoms with E-state index in [9.17, 15) is 0 Å². The molecule has 152 valence electrons. The maximum atomic E-state index is 5.99. The van der Waals surface area contributed by atoms with E-state index < -0.39 is 0 Å². The number of ether oxygens (including phenoxy) is 2. The minimum atomic E-state index is 0.501. The Morgan fingerprint density at radius 1 is 1.15 bits per heavy atom. The summed E-state index contributed by atoms with van der Waals surface area (Å²) < 4.78 is 11.5. The maximum Gasteiger partial charge on any atom is 0.191 e. The van der Waals surface area contributed by atoms with E-state index in [0.717, 1.165) is 58.4 Å². The van der Waals surface area contributed by atoms with Gasteiger partial charge in [-0.05, 0) is 25.2 Å². The van der Waals surface area contributed by atoms with E-state index in [1.807, 2.05) is 7.05 Å². The monoisotopic (exact) mass is 368 g/mol. The molecule has 26 heavy (non-hydrogen) atoms. The molecule has 1 atom stereocenters. The molecule has 0 radical (unpaired) electrons. The van der Waals surface area contributed by atoms with Crippen LogP contribution in [0.1, 0.15) is 52.4 Å². The highest BCUT2D eigenvalue weighted by atomic mass is 16.5. The van der Waals surface area contributed by atoms with Crippen molar-refractivity contribution in [2.24, 2.45) is 10.9 Å². The Morgan fingerprint density at radius 2 is 1.88 bits per heavy atom. The highest BCUT2D eigenvalue weighted by Gasteiger charge is 2.23. The molecule has 2 aliphatic rings. The molecule has 0 spiro atoms. The molecule has 1 aliphatic heterocycles. The fourth-order valence-corrected chi connectivity index (χ4v) is 3.88. The van der Waals surface area contributed by atoms with E-state index in [0.29, 0.717) is 18.1 Å². The van der Waals surface area contributed by atoms with Crippen molar-refractivity contribution in [1.29, 1.82) is 0 Å². The largest absolute Gasteiger partial charge is 0.379 e. The number of rotatable bonds is 9. The van der Waals surface area contributed by atoms with Gasteiger partial charge in [-0.15, -0.1) is 0 Å². The first kappa shape index (κ1) is 21.5. The van der Waals surface area contributed by atoms with Gasteiger partial charge in [0.05, 0.1) is 19.3 Å². The molecule has 0 bridgehead atoms. The predicted molar refractivity (Wildman–Crippen MR) is 108 cm³/mol. The van der Waals surface area contributed by atoms with E-state index in [4.69, 9.17) is 9.47 Å². The average Bonchev–Trinajstić information content (AvgIpc) is 2.67. The highest BCUT2D eigenvalue weighted by molar-refractivity contribution is 5.79. The summed E-state index contributed by atoms with van der Waals surface area (Å²) in [6, 6.07) is 0.507. The quantitative estimate of drug-likeness (QED) is 0.371. The Labute approximate surface area is 160 Å². The molecule has 2 rings (SSSR count). The van der Waals surface area contributed by atoms with E-state index in [1.54, 1.807) is 0 Å². The molecule has 1 heterocycles. The predicted octanol–water partition coefficient (Wildman–Crippen LogP) is 2.25. The minimum absolute atomic E-state index is 0.501. The molecule has 1 unspecified atom stereocenters. The van der Waals surface area contributed by atoms with Gasteiger partial charge in [-0.1, -0.05) is 33.1 Å². The minimum Gasteiger partial charge on any atom is -0.379 e. The maximum absolute atomic E-state index is 5.99. The summed E-state index contributed by atoms with van der Waals surface area (Å²) >= 11 is 0. The third kappa shape index (κ3) is 7.80. The van der Waals surface area contributed by atoms with Crippen molar-refractivity contribution in [1.82, 2.24) is 15.5 Å². The standard InChI is InChI=1S/C20H40N4O2/c1-17(2)19(24-11-14-25-15-12-24)16-23-20(21-3)22-10-7-13-26-18-8-5-4-6-9-18/h17-19H,4-16H2,1-3H3,(H2,21,22,23). The first-order valence-electron chi connectivity index (χ1n) is 10.6. The number of morpholine rings is 1. The Bertz CT molecular complexity index is 391. The van der Waals surface area contributed by atoms with Gasteiger partial charge < -0.3 is 20.1 Å². The Hall–Kier alpha value is -0.850. The summed E-state index contributed by atoms with van der Waals surface area (Å²) in [5, 5.41) is 6.92. The molecule has 1 saturated carbocycles. The van der Waals surface area contributed by atoms with Crippen LogP contribution in [0.3, 0.4) is 0 Å². The SMILES string of the molecule is CN=C(NCCCOC1CCCCC1)NCC(C(C)C)N1CCOCC1. The number of nitrogens with zero attached hydrogens (tertiary/aromatic N) is 2. The Kier molecular flexibility index (Phi) is 10.3. The van der Waals surface area contributed by atoms with E-state index >= 15 is 0 Å². The summed E-state index contributed by atoms with van der Waals surface area (Å²) in [5.41, 5.74) is 0. The van der Waals surface area contributed by atoms with Crippen LogP contribution in [-0.4, -0.2) is 76.1 Å². The fourth-order valence-electron chi connectivity index (χ4n) is 3.88. The summed E-state index contributed by atoms with van der Waals surface area (Å²) in [4.78, 5) is 6.90. The lowest BCUT2D eigenvalue weighted by molar-refractivity contribution is 0.00751. The molecule has 0 aromatic carbocycles. The van der Waals surface area contributed by atoms with Crippen LogP contribution in [0.25, 0.3) is 0 Å². The van der Waals surface area contributed by atoms with Gasteiger partial charge in [-0.25, -0.2) is 0 Å². The topological polar surface area (TPSA) is 58.1 Å². The van der Waals surface area contributed by atoms with Crippen LogP contribution < -0.4 is 10.6 Å². The van der Waals surface area contributed by atoms with Gasteiger partial charge >= 0.3 is 0 Å². The first-order valence-corrected chi connectivity index (χ1v) is 10.6. The molecule has 1 aliphatic carbocycles. The van der Waals surface area contributed by atoms with Crippen LogP contribution in [0, 0.1) is 5.92 Å². The molecule has 6 nitrogen and oxygen atoms in total. The van der Waals surface area contributed by atoms with Crippen molar-refractivity contribution in [3.63, 3.8) is 0 Å². The number of guanidine groups is 1. The average molecular weight is 369 g/mol. The zero-order chi connectivity index (χ0) is 18.6. The van der Waals surface area contributed by atoms with Gasteiger partial charge in [0.15, 0.2) is 5.96 Å². The molecule has 0 amide bonds. The van der Waals surface area contributed by atoms with Gasteiger partial charge in [0.1, 0.15) is 0 Å². The summed E-state index contributed by atoms with van der Waals surface area (Å²) in [5.74, 6) is 1.49. The zero-order valence-electron chi connectivity index (χ0n) is 17.1. The van der Waals surface area contributed by atoms with Crippen LogP contribution in [0.15, 0.2) is 4.99 Å². The van der Waals surface area contributed by atoms with Crippen molar-refractivity contribution >= 4 is 5.96 Å². The summed E-state index contributed by atoms with van der Waals surface area (Å²) in [6.07, 6.45) is 8.06. The van der Waals surface area contributed by atoms with Crippen molar-refractivity contribution in [2.75, 3.05) is 53.0 Å². The normalized spacial score (nSPS) is 21.8. The lowest BCUT2D eigenvalue weighted by Crippen LogP contribution is -2.52. The number of nitrogens with one attached hydrogen (secondary N) is 2. The number of aliphatic imine (C=N–C) groups is 1. The molecule has 2 N–H and O–H groups in total. The second-order valence-corrected chi connectivity index (χ2v) is 7.82. The van der Waals surface area contributed by atoms with Gasteiger partial charge in [-0.3, -0.25) is 9.89 Å². The second-order valence-electron chi connectivity index (χ2n) is 7.82. The van der Waals surface area contributed by atoms with E-state index in [-0.39, 0.29) is 0 Å². The van der Waals surface area contributed by atoms with Gasteiger partial charge in [-0.2, -0.15) is 0 Å². The molecule has 1 saturated heterocycles.